The summed E-state index contributed by atoms with van der Waals surface area (Å²) in [5, 5.41) is 29.4. The smallest absolute Gasteiger partial charge is 0.390 e. The summed E-state index contributed by atoms with van der Waals surface area (Å²) in [6.07, 6.45) is -10.5. The Morgan fingerprint density at radius 3 is 2.40 bits per heavy atom. The highest BCUT2D eigenvalue weighted by Gasteiger charge is 2.54. The van der Waals surface area contributed by atoms with Gasteiger partial charge in [0.15, 0.2) is 11.3 Å². The van der Waals surface area contributed by atoms with Crippen molar-refractivity contribution in [2.45, 2.75) is 42.2 Å². The van der Waals surface area contributed by atoms with Crippen LogP contribution < -0.4 is 0 Å². The number of aliphatic imine (C=N–C) groups is 1. The fraction of sp³-hybridized carbons (Fsp3) is 0.909. The fourth-order valence-electron chi connectivity index (χ4n) is 2.57. The molecule has 6 atom stereocenters. The van der Waals surface area contributed by atoms with Crippen LogP contribution >= 0.6 is 11.8 Å². The van der Waals surface area contributed by atoms with E-state index in [-0.39, 0.29) is 11.7 Å². The Morgan fingerprint density at radius 2 is 1.90 bits per heavy atom. The summed E-state index contributed by atoms with van der Waals surface area (Å²) in [5.74, 6) is -1.43. The maximum atomic E-state index is 12.6. The minimum Gasteiger partial charge on any atom is -0.390 e. The van der Waals surface area contributed by atoms with E-state index in [0.717, 1.165) is 0 Å². The van der Waals surface area contributed by atoms with Gasteiger partial charge in [-0.1, -0.05) is 11.8 Å². The van der Waals surface area contributed by atoms with Gasteiger partial charge in [0.25, 0.3) is 0 Å². The van der Waals surface area contributed by atoms with E-state index in [9.17, 15) is 28.5 Å². The predicted molar refractivity (Wildman–Crippen MR) is 68.5 cm³/mol. The van der Waals surface area contributed by atoms with Gasteiger partial charge in [-0.05, 0) is 6.42 Å². The molecule has 0 aromatic rings. The zero-order chi connectivity index (χ0) is 15.2. The largest absolute Gasteiger partial charge is 0.414 e. The van der Waals surface area contributed by atoms with Gasteiger partial charge >= 0.3 is 6.18 Å². The molecule has 1 aliphatic carbocycles. The molecule has 1 aliphatic heterocycles. The number of aliphatic hydroxyl groups excluding tert-OH is 3. The molecule has 2 rings (SSSR count). The number of alkyl halides is 3. The molecule has 0 saturated heterocycles. The van der Waals surface area contributed by atoms with E-state index in [0.29, 0.717) is 5.17 Å². The average Bonchev–Trinajstić information content (AvgIpc) is 2.76. The highest BCUT2D eigenvalue weighted by Crippen LogP contribution is 2.43. The Kier molecular flexibility index (Phi) is 4.25. The third-order valence-corrected chi connectivity index (χ3v) is 5.12. The topological polar surface area (TPSA) is 76.3 Å². The Hall–Kier alpha value is -0.510. The second kappa shape index (κ2) is 5.36. The van der Waals surface area contributed by atoms with Gasteiger partial charge in [0, 0.05) is 25.3 Å². The fourth-order valence-corrected chi connectivity index (χ4v) is 3.92. The Balaban J connectivity index is 2.17. The van der Waals surface area contributed by atoms with Crippen molar-refractivity contribution in [3.8, 4) is 0 Å². The zero-order valence-electron chi connectivity index (χ0n) is 10.9. The van der Waals surface area contributed by atoms with Crippen molar-refractivity contribution in [1.82, 2.24) is 4.90 Å². The first kappa shape index (κ1) is 15.9. The van der Waals surface area contributed by atoms with Gasteiger partial charge in [-0.2, -0.15) is 13.2 Å². The number of hydrogen-bond donors (Lipinski definition) is 3. The van der Waals surface area contributed by atoms with Gasteiger partial charge < -0.3 is 20.2 Å². The van der Waals surface area contributed by atoms with Crippen LogP contribution in [0.25, 0.3) is 0 Å². The van der Waals surface area contributed by atoms with Crippen LogP contribution in [-0.2, 0) is 0 Å². The highest BCUT2D eigenvalue weighted by atomic mass is 32.2. The minimum atomic E-state index is -4.81. The Labute approximate surface area is 118 Å². The number of fused-ring (bicyclic) bond motifs is 1. The molecule has 9 heteroatoms. The van der Waals surface area contributed by atoms with Crippen LogP contribution in [-0.4, -0.2) is 75.3 Å². The summed E-state index contributed by atoms with van der Waals surface area (Å²) in [6, 6.07) is -0.635. The predicted octanol–water partition coefficient (Wildman–Crippen LogP) is 0.0529. The van der Waals surface area contributed by atoms with Crippen molar-refractivity contribution < 1.29 is 28.5 Å². The van der Waals surface area contributed by atoms with Crippen molar-refractivity contribution in [2.24, 2.45) is 10.9 Å². The molecule has 0 aromatic heterocycles. The van der Waals surface area contributed by atoms with E-state index in [4.69, 9.17) is 0 Å². The van der Waals surface area contributed by atoms with Gasteiger partial charge in [-0.25, -0.2) is 0 Å². The number of hydrogen-bond acceptors (Lipinski definition) is 6. The summed E-state index contributed by atoms with van der Waals surface area (Å²) in [6.45, 7) is 0. The van der Waals surface area contributed by atoms with E-state index >= 15 is 0 Å². The zero-order valence-corrected chi connectivity index (χ0v) is 11.8. The lowest BCUT2D eigenvalue weighted by atomic mass is 9.78. The van der Waals surface area contributed by atoms with E-state index in [1.165, 1.54) is 11.8 Å². The molecule has 2 aliphatic rings. The number of thioether (sulfide) groups is 1. The van der Waals surface area contributed by atoms with Crippen molar-refractivity contribution >= 4 is 16.9 Å². The first-order chi connectivity index (χ1) is 9.12. The lowest BCUT2D eigenvalue weighted by Crippen LogP contribution is -2.56. The third-order valence-electron chi connectivity index (χ3n) is 3.66. The molecule has 0 radical (unpaired) electrons. The van der Waals surface area contributed by atoms with Crippen LogP contribution in [0, 0.1) is 5.92 Å². The van der Waals surface area contributed by atoms with E-state index in [1.807, 2.05) is 0 Å². The first-order valence-corrected chi connectivity index (χ1v) is 7.03. The van der Waals surface area contributed by atoms with Crippen molar-refractivity contribution in [3.63, 3.8) is 0 Å². The molecule has 3 N–H and O–H groups in total. The Morgan fingerprint density at radius 1 is 1.30 bits per heavy atom. The molecule has 6 unspecified atom stereocenters. The monoisotopic (exact) mass is 314 g/mol. The third kappa shape index (κ3) is 2.76. The standard InChI is InChI=1S/C11H17F3N2O3S/c1-16(2)10-15-6-5(20-10)3-4(7(17)8(6)18)9(19)11(12,13)14/h4-9,17-19H,3H2,1-2H3. The summed E-state index contributed by atoms with van der Waals surface area (Å²) in [7, 11) is 3.49. The molecule has 116 valence electrons. The maximum absolute atomic E-state index is 12.6. The molecule has 5 nitrogen and oxygen atoms in total. The number of aliphatic hydroxyl groups is 3. The number of nitrogens with zero attached hydrogens (tertiary/aromatic N) is 2. The molecule has 1 saturated carbocycles. The number of amidine groups is 1. The van der Waals surface area contributed by atoms with Gasteiger partial charge in [-0.15, -0.1) is 0 Å². The molecule has 0 spiro atoms. The molecule has 1 heterocycles. The molecule has 20 heavy (non-hydrogen) atoms. The summed E-state index contributed by atoms with van der Waals surface area (Å²) in [4.78, 5) is 5.94. The number of halogens is 3. The van der Waals surface area contributed by atoms with Crippen LogP contribution in [0.2, 0.25) is 0 Å². The SMILES string of the molecule is CN(C)C1=NC2C(CC(C(O)C(F)(F)F)C(O)C2O)S1. The summed E-state index contributed by atoms with van der Waals surface area (Å²) in [5.41, 5.74) is 0. The number of rotatable bonds is 1. The van der Waals surface area contributed by atoms with Crippen molar-refractivity contribution in [1.29, 1.82) is 0 Å². The average molecular weight is 314 g/mol. The van der Waals surface area contributed by atoms with Crippen LogP contribution in [0.5, 0.6) is 0 Å². The second-order valence-electron chi connectivity index (χ2n) is 5.32. The van der Waals surface area contributed by atoms with Crippen molar-refractivity contribution in [3.05, 3.63) is 0 Å². The highest BCUT2D eigenvalue weighted by molar-refractivity contribution is 8.14. The molecular formula is C11H17F3N2O3S. The molecule has 1 fully saturated rings. The van der Waals surface area contributed by atoms with Crippen LogP contribution in [0.3, 0.4) is 0 Å². The maximum Gasteiger partial charge on any atom is 0.414 e. The van der Waals surface area contributed by atoms with Crippen molar-refractivity contribution in [2.75, 3.05) is 14.1 Å². The minimum absolute atomic E-state index is 0.0466. The first-order valence-electron chi connectivity index (χ1n) is 6.15. The van der Waals surface area contributed by atoms with E-state index < -0.39 is 36.4 Å². The van der Waals surface area contributed by atoms with Gasteiger partial charge in [0.05, 0.1) is 12.1 Å². The summed E-state index contributed by atoms with van der Waals surface area (Å²) >= 11 is 1.27. The molecular weight excluding hydrogens is 297 g/mol. The molecule has 0 amide bonds. The normalized spacial score (nSPS) is 39.2. The lowest BCUT2D eigenvalue weighted by Gasteiger charge is -2.40. The van der Waals surface area contributed by atoms with Crippen LogP contribution in [0.15, 0.2) is 4.99 Å². The molecule has 0 bridgehead atoms. The summed E-state index contributed by atoms with van der Waals surface area (Å²) < 4.78 is 37.8. The Bertz CT molecular complexity index is 405. The second-order valence-corrected chi connectivity index (χ2v) is 6.53. The van der Waals surface area contributed by atoms with E-state index in [1.54, 1.807) is 19.0 Å². The quantitative estimate of drug-likeness (QED) is 0.638. The molecule has 0 aromatic carbocycles. The van der Waals surface area contributed by atoms with Gasteiger partial charge in [-0.3, -0.25) is 4.99 Å². The van der Waals surface area contributed by atoms with Gasteiger partial charge in [0.1, 0.15) is 6.10 Å². The lowest BCUT2D eigenvalue weighted by molar-refractivity contribution is -0.238. The van der Waals surface area contributed by atoms with Gasteiger partial charge in [0.2, 0.25) is 0 Å². The van der Waals surface area contributed by atoms with Crippen LogP contribution in [0.4, 0.5) is 13.2 Å². The van der Waals surface area contributed by atoms with E-state index in [2.05, 4.69) is 4.99 Å². The van der Waals surface area contributed by atoms with Crippen LogP contribution in [0.1, 0.15) is 6.42 Å².